The van der Waals surface area contributed by atoms with Gasteiger partial charge in [0.05, 0.1) is 17.5 Å². The van der Waals surface area contributed by atoms with E-state index in [-0.39, 0.29) is 23.6 Å². The molecule has 2 heterocycles. The molecule has 1 aliphatic rings. The first-order valence-electron chi connectivity index (χ1n) is 16.7. The summed E-state index contributed by atoms with van der Waals surface area (Å²) in [6.45, 7) is 6.63. The van der Waals surface area contributed by atoms with Crippen molar-refractivity contribution in [1.29, 1.82) is 0 Å². The molecule has 1 amide bonds. The third-order valence-electron chi connectivity index (χ3n) is 9.01. The van der Waals surface area contributed by atoms with E-state index >= 15 is 0 Å². The largest absolute Gasteiger partial charge is 0.274 e. The van der Waals surface area contributed by atoms with Gasteiger partial charge < -0.3 is 0 Å². The molecule has 0 saturated carbocycles. The SMILES string of the molecule is CC(C)Cc1ccc(C(C)c2nnc(SCC(=O)N3N=C(c4ccc5ccccc5c4)CC3c3ccc(Cl)cc3)n2-c2ccccc2)cc1. The third kappa shape index (κ3) is 7.19. The summed E-state index contributed by atoms with van der Waals surface area (Å²) >= 11 is 7.63. The highest BCUT2D eigenvalue weighted by Crippen LogP contribution is 2.36. The highest BCUT2D eigenvalue weighted by molar-refractivity contribution is 7.99. The van der Waals surface area contributed by atoms with Crippen molar-refractivity contribution in [2.75, 3.05) is 5.75 Å². The van der Waals surface area contributed by atoms with E-state index in [1.807, 2.05) is 66.7 Å². The molecule has 0 radical (unpaired) electrons. The molecule has 246 valence electrons. The number of benzene rings is 5. The normalized spacial score (nSPS) is 15.2. The van der Waals surface area contributed by atoms with Crippen molar-refractivity contribution in [3.05, 3.63) is 154 Å². The zero-order chi connectivity index (χ0) is 33.9. The van der Waals surface area contributed by atoms with Gasteiger partial charge in [-0.1, -0.05) is 135 Å². The van der Waals surface area contributed by atoms with Crippen LogP contribution >= 0.6 is 23.4 Å². The van der Waals surface area contributed by atoms with Crippen molar-refractivity contribution in [3.8, 4) is 5.69 Å². The molecule has 2 unspecified atom stereocenters. The summed E-state index contributed by atoms with van der Waals surface area (Å²) in [7, 11) is 0. The molecule has 0 fully saturated rings. The van der Waals surface area contributed by atoms with Gasteiger partial charge in [-0.25, -0.2) is 5.01 Å². The Labute approximate surface area is 296 Å². The van der Waals surface area contributed by atoms with E-state index in [1.54, 1.807) is 5.01 Å². The minimum Gasteiger partial charge on any atom is -0.274 e. The molecule has 0 spiro atoms. The van der Waals surface area contributed by atoms with E-state index in [0.717, 1.165) is 40.2 Å². The number of hydrogen-bond acceptors (Lipinski definition) is 5. The van der Waals surface area contributed by atoms with Gasteiger partial charge in [-0.3, -0.25) is 9.36 Å². The summed E-state index contributed by atoms with van der Waals surface area (Å²) in [5.74, 6) is 1.48. The van der Waals surface area contributed by atoms with E-state index < -0.39 is 0 Å². The number of amides is 1. The van der Waals surface area contributed by atoms with Gasteiger partial charge in [0, 0.05) is 23.0 Å². The lowest BCUT2D eigenvalue weighted by Gasteiger charge is -2.22. The Balaban J connectivity index is 1.17. The van der Waals surface area contributed by atoms with Crippen molar-refractivity contribution >= 4 is 45.8 Å². The number of thioether (sulfide) groups is 1. The van der Waals surface area contributed by atoms with Gasteiger partial charge in [-0.15, -0.1) is 10.2 Å². The van der Waals surface area contributed by atoms with Crippen molar-refractivity contribution in [3.63, 3.8) is 0 Å². The molecule has 1 aliphatic heterocycles. The number of nitrogens with zero attached hydrogens (tertiary/aromatic N) is 5. The highest BCUT2D eigenvalue weighted by Gasteiger charge is 2.33. The van der Waals surface area contributed by atoms with Crippen molar-refractivity contribution in [2.24, 2.45) is 11.0 Å². The van der Waals surface area contributed by atoms with Crippen LogP contribution in [0, 0.1) is 5.92 Å². The van der Waals surface area contributed by atoms with Gasteiger partial charge in [-0.05, 0) is 75.7 Å². The van der Waals surface area contributed by atoms with Gasteiger partial charge >= 0.3 is 0 Å². The minimum absolute atomic E-state index is 0.00663. The zero-order valence-corrected chi connectivity index (χ0v) is 29.4. The first-order chi connectivity index (χ1) is 23.8. The Hall–Kier alpha value is -4.72. The van der Waals surface area contributed by atoms with Crippen LogP contribution in [0.15, 0.2) is 132 Å². The van der Waals surface area contributed by atoms with Gasteiger partial charge in [0.25, 0.3) is 5.91 Å². The van der Waals surface area contributed by atoms with Crippen molar-refractivity contribution in [1.82, 2.24) is 19.8 Å². The maximum Gasteiger partial charge on any atom is 0.253 e. The molecule has 1 aromatic heterocycles. The van der Waals surface area contributed by atoms with Crippen LogP contribution in [-0.4, -0.2) is 37.1 Å². The molecule has 0 bridgehead atoms. The van der Waals surface area contributed by atoms with Gasteiger partial charge in [0.1, 0.15) is 5.82 Å². The number of halogens is 1. The van der Waals surface area contributed by atoms with E-state index in [9.17, 15) is 4.79 Å². The van der Waals surface area contributed by atoms with Crippen LogP contribution in [-0.2, 0) is 11.2 Å². The fourth-order valence-corrected chi connectivity index (χ4v) is 7.40. The highest BCUT2D eigenvalue weighted by atomic mass is 35.5. The Bertz CT molecular complexity index is 2110. The first kappa shape index (κ1) is 32.8. The van der Waals surface area contributed by atoms with E-state index in [0.29, 0.717) is 22.5 Å². The fraction of sp³-hybridized carbons (Fsp3) is 0.220. The number of carbonyl (C=O) groups is 1. The predicted octanol–water partition coefficient (Wildman–Crippen LogP) is 9.89. The second kappa shape index (κ2) is 14.4. The van der Waals surface area contributed by atoms with E-state index in [4.69, 9.17) is 16.7 Å². The lowest BCUT2D eigenvalue weighted by Crippen LogP contribution is -2.28. The summed E-state index contributed by atoms with van der Waals surface area (Å²) in [6.07, 6.45) is 1.65. The zero-order valence-electron chi connectivity index (χ0n) is 27.8. The van der Waals surface area contributed by atoms with Crippen LogP contribution in [0.2, 0.25) is 5.02 Å². The quantitative estimate of drug-likeness (QED) is 0.135. The third-order valence-corrected chi connectivity index (χ3v) is 10.2. The standard InChI is InChI=1S/C41H38ClN5OS/c1-27(2)23-29-13-15-30(16-14-29)28(3)40-43-44-41(46(40)36-11-5-4-6-12-36)49-26-39(48)47-38(32-19-21-35(42)22-20-32)25-37(45-47)34-18-17-31-9-7-8-10-33(31)24-34/h4-22,24,27-28,38H,23,25-26H2,1-3H3. The maximum atomic E-state index is 14.1. The molecule has 7 rings (SSSR count). The van der Waals surface area contributed by atoms with Gasteiger partial charge in [0.15, 0.2) is 5.16 Å². The number of fused-ring (bicyclic) bond motifs is 1. The molecule has 8 heteroatoms. The number of para-hydroxylation sites is 1. The second-order valence-electron chi connectivity index (χ2n) is 13.0. The van der Waals surface area contributed by atoms with Crippen LogP contribution in [0.3, 0.4) is 0 Å². The summed E-state index contributed by atoms with van der Waals surface area (Å²) in [5, 5.41) is 19.5. The average Bonchev–Trinajstić information content (AvgIpc) is 3.76. The van der Waals surface area contributed by atoms with Crippen LogP contribution in [0.5, 0.6) is 0 Å². The van der Waals surface area contributed by atoms with Gasteiger partial charge in [-0.2, -0.15) is 5.10 Å². The van der Waals surface area contributed by atoms with Crippen LogP contribution in [0.1, 0.15) is 67.2 Å². The number of carbonyl (C=O) groups excluding carboxylic acids is 1. The number of hydrogen-bond donors (Lipinski definition) is 0. The molecule has 0 N–H and O–H groups in total. The molecule has 5 aromatic carbocycles. The average molecular weight is 684 g/mol. The van der Waals surface area contributed by atoms with E-state index in [1.165, 1.54) is 28.3 Å². The molecular weight excluding hydrogens is 646 g/mol. The molecule has 6 aromatic rings. The Morgan fingerprint density at radius 1 is 0.837 bits per heavy atom. The number of aromatic nitrogens is 3. The maximum absolute atomic E-state index is 14.1. The number of hydrazone groups is 1. The summed E-state index contributed by atoms with van der Waals surface area (Å²) in [5.41, 5.74) is 6.34. The smallest absolute Gasteiger partial charge is 0.253 e. The summed E-state index contributed by atoms with van der Waals surface area (Å²) in [6, 6.07) is 41.0. The topological polar surface area (TPSA) is 63.4 Å². The Morgan fingerprint density at radius 2 is 1.55 bits per heavy atom. The predicted molar refractivity (Wildman–Crippen MR) is 201 cm³/mol. The monoisotopic (exact) mass is 683 g/mol. The summed E-state index contributed by atoms with van der Waals surface area (Å²) in [4.78, 5) is 14.1. The molecule has 0 aliphatic carbocycles. The van der Waals surface area contributed by atoms with Gasteiger partial charge in [0.2, 0.25) is 0 Å². The molecular formula is C41H38ClN5OS. The minimum atomic E-state index is -0.243. The van der Waals surface area contributed by atoms with E-state index in [2.05, 4.69) is 90.1 Å². The Kier molecular flexibility index (Phi) is 9.65. The second-order valence-corrected chi connectivity index (χ2v) is 14.4. The van der Waals surface area contributed by atoms with Crippen molar-refractivity contribution < 1.29 is 4.79 Å². The molecule has 0 saturated heterocycles. The molecule has 6 nitrogen and oxygen atoms in total. The first-order valence-corrected chi connectivity index (χ1v) is 18.1. The fourth-order valence-electron chi connectivity index (χ4n) is 6.46. The molecule has 2 atom stereocenters. The lowest BCUT2D eigenvalue weighted by molar-refractivity contribution is -0.130. The lowest BCUT2D eigenvalue weighted by atomic mass is 9.96. The number of rotatable bonds is 10. The van der Waals surface area contributed by atoms with Crippen LogP contribution < -0.4 is 0 Å². The summed E-state index contributed by atoms with van der Waals surface area (Å²) < 4.78 is 2.08. The Morgan fingerprint density at radius 3 is 2.29 bits per heavy atom. The van der Waals surface area contributed by atoms with Crippen LogP contribution in [0.25, 0.3) is 16.5 Å². The van der Waals surface area contributed by atoms with Crippen molar-refractivity contribution in [2.45, 2.75) is 50.7 Å². The van der Waals surface area contributed by atoms with Crippen LogP contribution in [0.4, 0.5) is 0 Å². The molecule has 49 heavy (non-hydrogen) atoms.